The molecule has 1 amide bonds. The summed E-state index contributed by atoms with van der Waals surface area (Å²) in [5.74, 6) is -0.264. The third-order valence-corrected chi connectivity index (χ3v) is 6.81. The summed E-state index contributed by atoms with van der Waals surface area (Å²) < 4.78 is 27.5. The molecule has 1 saturated heterocycles. The number of hydrogen-bond donors (Lipinski definition) is 1. The van der Waals surface area contributed by atoms with E-state index in [1.165, 1.54) is 16.4 Å². The highest BCUT2D eigenvalue weighted by Crippen LogP contribution is 2.32. The molecule has 0 spiro atoms. The first-order valence-electron chi connectivity index (χ1n) is 10.3. The van der Waals surface area contributed by atoms with Gasteiger partial charge in [0, 0.05) is 31.2 Å². The molecule has 2 rings (SSSR count). The number of benzene rings is 1. The van der Waals surface area contributed by atoms with Gasteiger partial charge in [0.2, 0.25) is 15.9 Å². The maximum absolute atomic E-state index is 13.0. The number of likely N-dealkylation sites (N-methyl/N-ethyl adjacent to an activating group) is 1. The standard InChI is InChI=1S/C20H32N4O5S/c1-5-22(15-19(25)21-20(2,3)4)17-11-10-16(14-18(17)24(26)27)30(28,29)23-12-8-6-7-9-13-23/h10-11,14H,5-9,12-13,15H2,1-4H3,(H,21,25). The highest BCUT2D eigenvalue weighted by Gasteiger charge is 2.29. The molecule has 0 atom stereocenters. The van der Waals surface area contributed by atoms with E-state index in [1.54, 1.807) is 11.8 Å². The minimum atomic E-state index is -3.81. The van der Waals surface area contributed by atoms with E-state index < -0.39 is 20.5 Å². The molecule has 9 nitrogen and oxygen atoms in total. The van der Waals surface area contributed by atoms with Gasteiger partial charge < -0.3 is 10.2 Å². The highest BCUT2D eigenvalue weighted by molar-refractivity contribution is 7.89. The highest BCUT2D eigenvalue weighted by atomic mass is 32.2. The van der Waals surface area contributed by atoms with Gasteiger partial charge in [0.05, 0.1) is 16.4 Å². The molecule has 1 heterocycles. The second-order valence-electron chi connectivity index (χ2n) is 8.54. The van der Waals surface area contributed by atoms with E-state index >= 15 is 0 Å². The van der Waals surface area contributed by atoms with Gasteiger partial charge in [0.25, 0.3) is 5.69 Å². The fourth-order valence-electron chi connectivity index (χ4n) is 3.51. The van der Waals surface area contributed by atoms with Crippen molar-refractivity contribution in [2.24, 2.45) is 0 Å². The molecule has 168 valence electrons. The second kappa shape index (κ2) is 9.74. The summed E-state index contributed by atoms with van der Waals surface area (Å²) in [4.78, 5) is 24.9. The average Bonchev–Trinajstić information content (AvgIpc) is 2.94. The van der Waals surface area contributed by atoms with Crippen molar-refractivity contribution in [1.82, 2.24) is 9.62 Å². The molecule has 0 radical (unpaired) electrons. The van der Waals surface area contributed by atoms with Crippen LogP contribution in [0.2, 0.25) is 0 Å². The van der Waals surface area contributed by atoms with Crippen LogP contribution in [0, 0.1) is 10.1 Å². The molecule has 0 aromatic heterocycles. The lowest BCUT2D eigenvalue weighted by Gasteiger charge is -2.26. The van der Waals surface area contributed by atoms with Crippen molar-refractivity contribution >= 4 is 27.3 Å². The van der Waals surface area contributed by atoms with E-state index in [0.29, 0.717) is 19.6 Å². The zero-order valence-corrected chi connectivity index (χ0v) is 19.0. The van der Waals surface area contributed by atoms with Crippen molar-refractivity contribution in [3.8, 4) is 0 Å². The van der Waals surface area contributed by atoms with Gasteiger partial charge in [0.15, 0.2) is 0 Å². The third-order valence-electron chi connectivity index (χ3n) is 4.92. The van der Waals surface area contributed by atoms with Crippen LogP contribution in [0.1, 0.15) is 53.4 Å². The van der Waals surface area contributed by atoms with Gasteiger partial charge in [-0.3, -0.25) is 14.9 Å². The number of rotatable bonds is 7. The van der Waals surface area contributed by atoms with E-state index in [0.717, 1.165) is 31.7 Å². The number of anilines is 1. The monoisotopic (exact) mass is 440 g/mol. The van der Waals surface area contributed by atoms with Gasteiger partial charge in [-0.2, -0.15) is 4.31 Å². The maximum Gasteiger partial charge on any atom is 0.293 e. The summed E-state index contributed by atoms with van der Waals surface area (Å²) in [6, 6.07) is 3.93. The number of carbonyl (C=O) groups excluding carboxylic acids is 1. The molecule has 1 aromatic carbocycles. The van der Waals surface area contributed by atoms with E-state index in [1.807, 2.05) is 20.8 Å². The molecule has 30 heavy (non-hydrogen) atoms. The number of nitro benzene ring substituents is 1. The predicted octanol–water partition coefficient (Wildman–Crippen LogP) is 2.90. The topological polar surface area (TPSA) is 113 Å². The third kappa shape index (κ3) is 6.15. The molecule has 1 aliphatic rings. The maximum atomic E-state index is 13.0. The van der Waals surface area contributed by atoms with E-state index in [2.05, 4.69) is 5.32 Å². The van der Waals surface area contributed by atoms with Crippen LogP contribution in [0.4, 0.5) is 11.4 Å². The molecule has 0 saturated carbocycles. The van der Waals surface area contributed by atoms with Crippen LogP contribution in [-0.2, 0) is 14.8 Å². The lowest BCUT2D eigenvalue weighted by molar-refractivity contribution is -0.384. The first-order valence-corrected chi connectivity index (χ1v) is 11.7. The van der Waals surface area contributed by atoms with Crippen molar-refractivity contribution in [2.75, 3.05) is 31.1 Å². The minimum Gasteiger partial charge on any atom is -0.357 e. The molecule has 0 bridgehead atoms. The van der Waals surface area contributed by atoms with Crippen molar-refractivity contribution in [3.05, 3.63) is 28.3 Å². The molecule has 10 heteroatoms. The van der Waals surface area contributed by atoms with Crippen LogP contribution in [0.3, 0.4) is 0 Å². The average molecular weight is 441 g/mol. The Morgan fingerprint density at radius 1 is 1.20 bits per heavy atom. The Morgan fingerprint density at radius 3 is 2.30 bits per heavy atom. The lowest BCUT2D eigenvalue weighted by atomic mass is 10.1. The van der Waals surface area contributed by atoms with Gasteiger partial charge in [0.1, 0.15) is 5.69 Å². The Balaban J connectivity index is 2.36. The molecular formula is C20H32N4O5S. The summed E-state index contributed by atoms with van der Waals surface area (Å²) in [7, 11) is -3.81. The van der Waals surface area contributed by atoms with Crippen LogP contribution >= 0.6 is 0 Å². The van der Waals surface area contributed by atoms with Crippen molar-refractivity contribution < 1.29 is 18.1 Å². The summed E-state index contributed by atoms with van der Waals surface area (Å²) in [5, 5.41) is 14.6. The number of sulfonamides is 1. The van der Waals surface area contributed by atoms with Crippen LogP contribution in [0.15, 0.2) is 23.1 Å². The minimum absolute atomic E-state index is 0.0627. The normalized spacial score (nSPS) is 16.0. The number of nitrogens with zero attached hydrogens (tertiary/aromatic N) is 3. The Bertz CT molecular complexity index is 872. The fourth-order valence-corrected chi connectivity index (χ4v) is 5.04. The van der Waals surface area contributed by atoms with Gasteiger partial charge in [-0.1, -0.05) is 12.8 Å². The van der Waals surface area contributed by atoms with E-state index in [9.17, 15) is 23.3 Å². The molecule has 0 aliphatic carbocycles. The number of amides is 1. The molecule has 1 N–H and O–H groups in total. The number of hydrogen-bond acceptors (Lipinski definition) is 6. The smallest absolute Gasteiger partial charge is 0.293 e. The Hall–Kier alpha value is -2.20. The van der Waals surface area contributed by atoms with Crippen LogP contribution in [0.25, 0.3) is 0 Å². The van der Waals surface area contributed by atoms with Gasteiger partial charge in [-0.25, -0.2) is 8.42 Å². The number of nitrogens with one attached hydrogen (secondary N) is 1. The molecule has 1 aliphatic heterocycles. The zero-order chi connectivity index (χ0) is 22.5. The Kier molecular flexibility index (Phi) is 7.81. The largest absolute Gasteiger partial charge is 0.357 e. The SMILES string of the molecule is CCN(CC(=O)NC(C)(C)C)c1ccc(S(=O)(=O)N2CCCCCC2)cc1[N+](=O)[O-]. The summed E-state index contributed by atoms with van der Waals surface area (Å²) >= 11 is 0. The van der Waals surface area contributed by atoms with Crippen molar-refractivity contribution in [1.29, 1.82) is 0 Å². The van der Waals surface area contributed by atoms with Crippen molar-refractivity contribution in [3.63, 3.8) is 0 Å². The molecule has 1 fully saturated rings. The lowest BCUT2D eigenvalue weighted by Crippen LogP contribution is -2.46. The Labute approximate surface area is 178 Å². The second-order valence-corrected chi connectivity index (χ2v) is 10.5. The molecule has 0 unspecified atom stereocenters. The summed E-state index contributed by atoms with van der Waals surface area (Å²) in [6.45, 7) is 8.49. The number of carbonyl (C=O) groups is 1. The number of nitro groups is 1. The Morgan fingerprint density at radius 2 is 1.80 bits per heavy atom. The van der Waals surface area contributed by atoms with Crippen LogP contribution < -0.4 is 10.2 Å². The first kappa shape index (κ1) is 24.1. The van der Waals surface area contributed by atoms with Gasteiger partial charge in [-0.05, 0) is 52.7 Å². The summed E-state index contributed by atoms with van der Waals surface area (Å²) in [5.41, 5.74) is -0.522. The van der Waals surface area contributed by atoms with Crippen LogP contribution in [0.5, 0.6) is 0 Å². The van der Waals surface area contributed by atoms with Crippen LogP contribution in [-0.4, -0.2) is 55.3 Å². The molecule has 1 aromatic rings. The fraction of sp³-hybridized carbons (Fsp3) is 0.650. The van der Waals surface area contributed by atoms with E-state index in [-0.39, 0.29) is 28.7 Å². The molecular weight excluding hydrogens is 408 g/mol. The van der Waals surface area contributed by atoms with E-state index in [4.69, 9.17) is 0 Å². The van der Waals surface area contributed by atoms with Crippen molar-refractivity contribution in [2.45, 2.75) is 63.8 Å². The van der Waals surface area contributed by atoms with Gasteiger partial charge >= 0.3 is 0 Å². The quantitative estimate of drug-likeness (QED) is 0.515. The first-order chi connectivity index (χ1) is 14.0. The van der Waals surface area contributed by atoms with Gasteiger partial charge in [-0.15, -0.1) is 0 Å². The summed E-state index contributed by atoms with van der Waals surface area (Å²) in [6.07, 6.45) is 3.53. The predicted molar refractivity (Wildman–Crippen MR) is 116 cm³/mol. The zero-order valence-electron chi connectivity index (χ0n) is 18.2.